The van der Waals surface area contributed by atoms with E-state index in [0.29, 0.717) is 12.6 Å². The van der Waals surface area contributed by atoms with E-state index >= 15 is 0 Å². The number of nitrogens with one attached hydrogen (secondary N) is 2. The van der Waals surface area contributed by atoms with Crippen molar-refractivity contribution in [3.63, 3.8) is 0 Å². The van der Waals surface area contributed by atoms with E-state index in [4.69, 9.17) is 11.6 Å². The minimum atomic E-state index is 0. The lowest BCUT2D eigenvalue weighted by atomic mass is 10.2. The largest absolute Gasteiger partial charge is 0.354 e. The molecule has 3 rings (SSSR count). The quantitative estimate of drug-likeness (QED) is 0.419. The molecule has 2 aromatic rings. The minimum Gasteiger partial charge on any atom is -0.354 e. The Morgan fingerprint density at radius 2 is 2.18 bits per heavy atom. The van der Waals surface area contributed by atoms with Crippen molar-refractivity contribution in [3.05, 3.63) is 28.2 Å². The van der Waals surface area contributed by atoms with Crippen LogP contribution in [0.1, 0.15) is 30.7 Å². The van der Waals surface area contributed by atoms with Gasteiger partial charge in [-0.3, -0.25) is 4.99 Å². The first-order valence-corrected chi connectivity index (χ1v) is 8.46. The Morgan fingerprint density at radius 1 is 1.41 bits per heavy atom. The van der Waals surface area contributed by atoms with Crippen molar-refractivity contribution in [2.24, 2.45) is 4.99 Å². The van der Waals surface area contributed by atoms with Crippen molar-refractivity contribution in [3.8, 4) is 0 Å². The van der Waals surface area contributed by atoms with E-state index in [0.717, 1.165) is 26.2 Å². The summed E-state index contributed by atoms with van der Waals surface area (Å²) in [4.78, 5) is 8.89. The Bertz CT molecular complexity index is 652. The number of thiazole rings is 1. The molecule has 0 radical (unpaired) electrons. The van der Waals surface area contributed by atoms with Crippen molar-refractivity contribution in [2.45, 2.75) is 38.3 Å². The molecule has 1 aliphatic rings. The van der Waals surface area contributed by atoms with E-state index in [1.807, 2.05) is 25.2 Å². The molecule has 1 heterocycles. The lowest BCUT2D eigenvalue weighted by molar-refractivity contribution is 0.613. The second kappa shape index (κ2) is 8.31. The summed E-state index contributed by atoms with van der Waals surface area (Å²) in [7, 11) is 1.81. The molecule has 1 fully saturated rings. The Hall–Kier alpha value is -0.600. The van der Waals surface area contributed by atoms with E-state index < -0.39 is 0 Å². The number of fused-ring (bicyclic) bond motifs is 1. The van der Waals surface area contributed by atoms with Gasteiger partial charge in [-0.1, -0.05) is 24.4 Å². The van der Waals surface area contributed by atoms with Crippen LogP contribution in [-0.4, -0.2) is 24.0 Å². The van der Waals surface area contributed by atoms with Crippen LogP contribution >= 0.6 is 46.9 Å². The topological polar surface area (TPSA) is 49.3 Å². The smallest absolute Gasteiger partial charge is 0.191 e. The van der Waals surface area contributed by atoms with Crippen LogP contribution in [0.5, 0.6) is 0 Å². The highest BCUT2D eigenvalue weighted by Crippen LogP contribution is 2.24. The molecule has 1 aromatic heterocycles. The number of hydrogen-bond acceptors (Lipinski definition) is 3. The van der Waals surface area contributed by atoms with E-state index in [9.17, 15) is 0 Å². The number of aliphatic imine (C=N–C) groups is 1. The van der Waals surface area contributed by atoms with Crippen LogP contribution in [0.4, 0.5) is 0 Å². The molecule has 4 nitrogen and oxygen atoms in total. The second-order valence-electron chi connectivity index (χ2n) is 5.27. The lowest BCUT2D eigenvalue weighted by Crippen LogP contribution is -2.41. The number of nitrogens with zero attached hydrogens (tertiary/aromatic N) is 2. The maximum absolute atomic E-state index is 5.99. The van der Waals surface area contributed by atoms with Crippen molar-refractivity contribution in [1.29, 1.82) is 0 Å². The van der Waals surface area contributed by atoms with Gasteiger partial charge in [-0.2, -0.15) is 0 Å². The number of rotatable bonds is 3. The Kier molecular flexibility index (Phi) is 6.70. The van der Waals surface area contributed by atoms with Gasteiger partial charge in [-0.25, -0.2) is 4.98 Å². The lowest BCUT2D eigenvalue weighted by Gasteiger charge is -2.16. The molecule has 2 N–H and O–H groups in total. The van der Waals surface area contributed by atoms with Crippen molar-refractivity contribution >= 4 is 63.1 Å². The fraction of sp³-hybridized carbons (Fsp3) is 0.467. The Morgan fingerprint density at radius 3 is 2.91 bits per heavy atom. The first kappa shape index (κ1) is 17.7. The average molecular weight is 451 g/mol. The standard InChI is InChI=1S/C15H19ClN4S.HI/c1-17-15(19-11-4-2-3-5-11)18-9-14-20-12-8-10(16)6-7-13(12)21-14;/h6-8,11H,2-5,9H2,1H3,(H2,17,18,19);1H. The van der Waals surface area contributed by atoms with Gasteiger partial charge in [0.25, 0.3) is 0 Å². The highest BCUT2D eigenvalue weighted by molar-refractivity contribution is 14.0. The van der Waals surface area contributed by atoms with Gasteiger partial charge in [0.15, 0.2) is 5.96 Å². The molecule has 1 aliphatic carbocycles. The van der Waals surface area contributed by atoms with Gasteiger partial charge in [0, 0.05) is 18.1 Å². The summed E-state index contributed by atoms with van der Waals surface area (Å²) in [5.41, 5.74) is 0.961. The summed E-state index contributed by atoms with van der Waals surface area (Å²) in [6.45, 7) is 0.684. The molecule has 1 aromatic carbocycles. The van der Waals surface area contributed by atoms with Crippen LogP contribution in [0.25, 0.3) is 10.2 Å². The van der Waals surface area contributed by atoms with Crippen LogP contribution < -0.4 is 10.6 Å². The third-order valence-electron chi connectivity index (χ3n) is 3.72. The maximum Gasteiger partial charge on any atom is 0.191 e. The number of benzene rings is 1. The zero-order chi connectivity index (χ0) is 14.7. The van der Waals surface area contributed by atoms with Gasteiger partial charge in [-0.05, 0) is 31.0 Å². The zero-order valence-electron chi connectivity index (χ0n) is 12.4. The molecule has 0 unspecified atom stereocenters. The van der Waals surface area contributed by atoms with E-state index in [1.54, 1.807) is 11.3 Å². The highest BCUT2D eigenvalue weighted by Gasteiger charge is 2.16. The van der Waals surface area contributed by atoms with Crippen LogP contribution in [0, 0.1) is 0 Å². The van der Waals surface area contributed by atoms with Gasteiger partial charge in [-0.15, -0.1) is 35.3 Å². The average Bonchev–Trinajstić information content (AvgIpc) is 3.11. The molecular formula is C15H20ClIN4S. The van der Waals surface area contributed by atoms with E-state index in [1.165, 1.54) is 25.7 Å². The predicted octanol–water partition coefficient (Wildman–Crippen LogP) is 4.18. The van der Waals surface area contributed by atoms with Crippen LogP contribution in [0.3, 0.4) is 0 Å². The fourth-order valence-corrected chi connectivity index (χ4v) is 3.70. The molecule has 1 saturated carbocycles. The maximum atomic E-state index is 5.99. The second-order valence-corrected chi connectivity index (χ2v) is 6.82. The number of hydrogen-bond donors (Lipinski definition) is 2. The number of aromatic nitrogens is 1. The van der Waals surface area contributed by atoms with Crippen LogP contribution in [-0.2, 0) is 6.54 Å². The normalized spacial score (nSPS) is 15.8. The molecule has 120 valence electrons. The molecule has 0 aliphatic heterocycles. The summed E-state index contributed by atoms with van der Waals surface area (Å²) in [6, 6.07) is 6.39. The van der Waals surface area contributed by atoms with Crippen LogP contribution in [0.2, 0.25) is 5.02 Å². The predicted molar refractivity (Wildman–Crippen MR) is 106 cm³/mol. The summed E-state index contributed by atoms with van der Waals surface area (Å²) < 4.78 is 1.16. The molecule has 0 saturated heterocycles. The van der Waals surface area contributed by atoms with Gasteiger partial charge in [0.2, 0.25) is 0 Å². The summed E-state index contributed by atoms with van der Waals surface area (Å²) in [5, 5.41) is 8.59. The van der Waals surface area contributed by atoms with Crippen molar-refractivity contribution in [2.75, 3.05) is 7.05 Å². The highest BCUT2D eigenvalue weighted by atomic mass is 127. The molecular weight excluding hydrogens is 431 g/mol. The molecule has 7 heteroatoms. The van der Waals surface area contributed by atoms with Crippen molar-refractivity contribution in [1.82, 2.24) is 15.6 Å². The van der Waals surface area contributed by atoms with Gasteiger partial charge >= 0.3 is 0 Å². The summed E-state index contributed by atoms with van der Waals surface area (Å²) in [5.74, 6) is 0.860. The Labute approximate surface area is 156 Å². The summed E-state index contributed by atoms with van der Waals surface area (Å²) >= 11 is 7.68. The SMILES string of the molecule is CN=C(NCc1nc2cc(Cl)ccc2s1)NC1CCCC1.I. The fourth-order valence-electron chi connectivity index (χ4n) is 2.64. The first-order chi connectivity index (χ1) is 10.2. The molecule has 22 heavy (non-hydrogen) atoms. The summed E-state index contributed by atoms with van der Waals surface area (Å²) in [6.07, 6.45) is 5.10. The minimum absolute atomic E-state index is 0. The van der Waals surface area contributed by atoms with Gasteiger partial charge in [0.1, 0.15) is 5.01 Å². The zero-order valence-corrected chi connectivity index (χ0v) is 16.3. The first-order valence-electron chi connectivity index (χ1n) is 7.27. The van der Waals surface area contributed by atoms with Crippen LogP contribution in [0.15, 0.2) is 23.2 Å². The van der Waals surface area contributed by atoms with E-state index in [2.05, 4.69) is 20.6 Å². The molecule has 0 amide bonds. The number of guanidine groups is 1. The molecule has 0 atom stereocenters. The van der Waals surface area contributed by atoms with Gasteiger partial charge in [0.05, 0.1) is 16.8 Å². The molecule has 0 spiro atoms. The third kappa shape index (κ3) is 4.45. The molecule has 0 bridgehead atoms. The van der Waals surface area contributed by atoms with Gasteiger partial charge < -0.3 is 10.6 Å². The number of halogens is 2. The Balaban J connectivity index is 0.00000176. The van der Waals surface area contributed by atoms with E-state index in [-0.39, 0.29) is 24.0 Å². The van der Waals surface area contributed by atoms with Crippen molar-refractivity contribution < 1.29 is 0 Å². The third-order valence-corrected chi connectivity index (χ3v) is 4.99. The monoisotopic (exact) mass is 450 g/mol.